The summed E-state index contributed by atoms with van der Waals surface area (Å²) < 4.78 is 6.03. The van der Waals surface area contributed by atoms with Gasteiger partial charge in [0.1, 0.15) is 6.10 Å². The van der Waals surface area contributed by atoms with Crippen LogP contribution in [0.1, 0.15) is 36.1 Å². The molecular formula is C19H23NO. The Labute approximate surface area is 126 Å². The molecule has 0 saturated heterocycles. The smallest absolute Gasteiger partial charge is 0.100 e. The molecule has 0 saturated carbocycles. The molecule has 0 spiro atoms. The maximum Gasteiger partial charge on any atom is 0.100 e. The van der Waals surface area contributed by atoms with E-state index >= 15 is 0 Å². The van der Waals surface area contributed by atoms with E-state index in [1.807, 2.05) is 6.07 Å². The van der Waals surface area contributed by atoms with Gasteiger partial charge in [-0.1, -0.05) is 54.6 Å². The van der Waals surface area contributed by atoms with Gasteiger partial charge in [0.15, 0.2) is 0 Å². The number of nitrogens with two attached hydrogens (primary N) is 1. The van der Waals surface area contributed by atoms with Crippen LogP contribution in [0.4, 0.5) is 0 Å². The lowest BCUT2D eigenvalue weighted by atomic mass is 9.82. The molecule has 2 aromatic rings. The SMILES string of the molecule is CC(N)(CCc1ccccc1)C1OCCc2ccccc21. The number of rotatable bonds is 4. The molecule has 0 bridgehead atoms. The molecule has 2 heteroatoms. The fourth-order valence-corrected chi connectivity index (χ4v) is 3.13. The molecule has 1 aliphatic heterocycles. The molecule has 1 aliphatic rings. The average Bonchev–Trinajstić information content (AvgIpc) is 2.53. The molecule has 0 fully saturated rings. The maximum absolute atomic E-state index is 6.63. The minimum atomic E-state index is -0.355. The summed E-state index contributed by atoms with van der Waals surface area (Å²) in [5.41, 5.74) is 10.3. The second-order valence-corrected chi connectivity index (χ2v) is 6.19. The lowest BCUT2D eigenvalue weighted by Gasteiger charge is -2.38. The monoisotopic (exact) mass is 281 g/mol. The van der Waals surface area contributed by atoms with Crippen LogP contribution in [0.25, 0.3) is 0 Å². The highest BCUT2D eigenvalue weighted by Gasteiger charge is 2.35. The minimum Gasteiger partial charge on any atom is -0.371 e. The van der Waals surface area contributed by atoms with Crippen LogP contribution < -0.4 is 5.73 Å². The van der Waals surface area contributed by atoms with Crippen molar-refractivity contribution < 1.29 is 4.74 Å². The molecule has 0 amide bonds. The molecule has 2 N–H and O–H groups in total. The van der Waals surface area contributed by atoms with Crippen LogP contribution in [0.15, 0.2) is 54.6 Å². The topological polar surface area (TPSA) is 35.2 Å². The van der Waals surface area contributed by atoms with E-state index in [4.69, 9.17) is 10.5 Å². The standard InChI is InChI=1S/C19H23NO/c1-19(20,13-11-15-7-3-2-4-8-15)18-17-10-6-5-9-16(17)12-14-21-18/h2-10,18H,11-14,20H2,1H3. The van der Waals surface area contributed by atoms with E-state index in [-0.39, 0.29) is 11.6 Å². The zero-order valence-electron chi connectivity index (χ0n) is 12.6. The molecule has 2 atom stereocenters. The molecule has 1 heterocycles. The highest BCUT2D eigenvalue weighted by Crippen LogP contribution is 2.36. The Kier molecular flexibility index (Phi) is 4.09. The Morgan fingerprint density at radius 3 is 2.62 bits per heavy atom. The van der Waals surface area contributed by atoms with Crippen LogP contribution in [0.2, 0.25) is 0 Å². The lowest BCUT2D eigenvalue weighted by molar-refractivity contribution is -0.00941. The highest BCUT2D eigenvalue weighted by molar-refractivity contribution is 5.33. The number of hydrogen-bond donors (Lipinski definition) is 1. The second-order valence-electron chi connectivity index (χ2n) is 6.19. The molecule has 3 rings (SSSR count). The van der Waals surface area contributed by atoms with Gasteiger partial charge in [-0.15, -0.1) is 0 Å². The fourth-order valence-electron chi connectivity index (χ4n) is 3.13. The summed E-state index contributed by atoms with van der Waals surface area (Å²) in [7, 11) is 0. The Morgan fingerprint density at radius 1 is 1.10 bits per heavy atom. The average molecular weight is 281 g/mol. The van der Waals surface area contributed by atoms with Crippen LogP contribution in [-0.4, -0.2) is 12.1 Å². The van der Waals surface area contributed by atoms with Gasteiger partial charge in [-0.05, 0) is 42.9 Å². The quantitative estimate of drug-likeness (QED) is 0.928. The van der Waals surface area contributed by atoms with E-state index in [2.05, 4.69) is 55.5 Å². The van der Waals surface area contributed by atoms with Crippen molar-refractivity contribution in [3.63, 3.8) is 0 Å². The molecule has 0 radical (unpaired) electrons. The van der Waals surface area contributed by atoms with Gasteiger partial charge in [0.05, 0.1) is 6.61 Å². The van der Waals surface area contributed by atoms with Crippen LogP contribution in [0.5, 0.6) is 0 Å². The third-order valence-electron chi connectivity index (χ3n) is 4.39. The summed E-state index contributed by atoms with van der Waals surface area (Å²) in [4.78, 5) is 0. The molecule has 0 aromatic heterocycles. The molecule has 2 nitrogen and oxygen atoms in total. The predicted molar refractivity (Wildman–Crippen MR) is 86.2 cm³/mol. The lowest BCUT2D eigenvalue weighted by Crippen LogP contribution is -2.46. The zero-order valence-corrected chi connectivity index (χ0v) is 12.6. The molecule has 2 aromatic carbocycles. The first kappa shape index (κ1) is 14.3. The number of fused-ring (bicyclic) bond motifs is 1. The first-order valence-corrected chi connectivity index (χ1v) is 7.69. The molecule has 21 heavy (non-hydrogen) atoms. The summed E-state index contributed by atoms with van der Waals surface area (Å²) in [6.07, 6.45) is 2.87. The third-order valence-corrected chi connectivity index (χ3v) is 4.39. The zero-order chi connectivity index (χ0) is 14.7. The maximum atomic E-state index is 6.63. The van der Waals surface area contributed by atoms with E-state index in [9.17, 15) is 0 Å². The molecule has 110 valence electrons. The summed E-state index contributed by atoms with van der Waals surface area (Å²) in [5, 5.41) is 0. The Morgan fingerprint density at radius 2 is 1.81 bits per heavy atom. The Bertz CT molecular complexity index is 592. The van der Waals surface area contributed by atoms with Gasteiger partial charge in [0.2, 0.25) is 0 Å². The van der Waals surface area contributed by atoms with Gasteiger partial charge in [-0.3, -0.25) is 0 Å². The highest BCUT2D eigenvalue weighted by atomic mass is 16.5. The van der Waals surface area contributed by atoms with Gasteiger partial charge in [0, 0.05) is 5.54 Å². The van der Waals surface area contributed by atoms with Crippen molar-refractivity contribution >= 4 is 0 Å². The van der Waals surface area contributed by atoms with Gasteiger partial charge < -0.3 is 10.5 Å². The molecule has 2 unspecified atom stereocenters. The summed E-state index contributed by atoms with van der Waals surface area (Å²) in [6.45, 7) is 2.88. The fraction of sp³-hybridized carbons (Fsp3) is 0.368. The van der Waals surface area contributed by atoms with Crippen LogP contribution in [0.3, 0.4) is 0 Å². The first-order chi connectivity index (χ1) is 10.2. The Hall–Kier alpha value is -1.64. The number of aryl methyl sites for hydroxylation is 1. The van der Waals surface area contributed by atoms with Gasteiger partial charge in [-0.2, -0.15) is 0 Å². The van der Waals surface area contributed by atoms with E-state index in [0.29, 0.717) is 0 Å². The number of benzene rings is 2. The second kappa shape index (κ2) is 6.00. The van der Waals surface area contributed by atoms with E-state index in [0.717, 1.165) is 25.9 Å². The van der Waals surface area contributed by atoms with E-state index in [1.54, 1.807) is 0 Å². The first-order valence-electron chi connectivity index (χ1n) is 7.69. The van der Waals surface area contributed by atoms with Crippen LogP contribution in [0, 0.1) is 0 Å². The van der Waals surface area contributed by atoms with Gasteiger partial charge in [0.25, 0.3) is 0 Å². The van der Waals surface area contributed by atoms with Crippen molar-refractivity contribution in [3.8, 4) is 0 Å². The molecular weight excluding hydrogens is 258 g/mol. The van der Waals surface area contributed by atoms with Crippen molar-refractivity contribution in [2.24, 2.45) is 5.73 Å². The summed E-state index contributed by atoms with van der Waals surface area (Å²) in [5.74, 6) is 0. The van der Waals surface area contributed by atoms with Crippen molar-refractivity contribution in [1.29, 1.82) is 0 Å². The van der Waals surface area contributed by atoms with Gasteiger partial charge >= 0.3 is 0 Å². The summed E-state index contributed by atoms with van der Waals surface area (Å²) >= 11 is 0. The normalized spacial score (nSPS) is 20.6. The van der Waals surface area contributed by atoms with Gasteiger partial charge in [-0.25, -0.2) is 0 Å². The number of hydrogen-bond acceptors (Lipinski definition) is 2. The third kappa shape index (κ3) is 3.17. The van der Waals surface area contributed by atoms with Crippen molar-refractivity contribution in [1.82, 2.24) is 0 Å². The predicted octanol–water partition coefficient (Wildman–Crippen LogP) is 3.65. The minimum absolute atomic E-state index is 0.00818. The van der Waals surface area contributed by atoms with E-state index in [1.165, 1.54) is 16.7 Å². The van der Waals surface area contributed by atoms with Crippen LogP contribution in [-0.2, 0) is 17.6 Å². The van der Waals surface area contributed by atoms with E-state index < -0.39 is 0 Å². The summed E-state index contributed by atoms with van der Waals surface area (Å²) in [6, 6.07) is 19.0. The largest absolute Gasteiger partial charge is 0.371 e. The van der Waals surface area contributed by atoms with Crippen molar-refractivity contribution in [3.05, 3.63) is 71.3 Å². The number of ether oxygens (including phenoxy) is 1. The molecule has 0 aliphatic carbocycles. The Balaban J connectivity index is 1.76. The van der Waals surface area contributed by atoms with Crippen LogP contribution >= 0.6 is 0 Å². The van der Waals surface area contributed by atoms with Crippen molar-refractivity contribution in [2.45, 2.75) is 37.8 Å². The van der Waals surface area contributed by atoms with Crippen molar-refractivity contribution in [2.75, 3.05) is 6.61 Å².